The molecule has 0 unspecified atom stereocenters. The van der Waals surface area contributed by atoms with Gasteiger partial charge in [0, 0.05) is 24.7 Å². The van der Waals surface area contributed by atoms with Gasteiger partial charge in [-0.1, -0.05) is 13.8 Å². The maximum atomic E-state index is 12.0. The van der Waals surface area contributed by atoms with E-state index >= 15 is 0 Å². The van der Waals surface area contributed by atoms with Gasteiger partial charge in [0.2, 0.25) is 5.91 Å². The number of nitrogens with one attached hydrogen (secondary N) is 1. The molecule has 0 aromatic carbocycles. The molecule has 0 atom stereocenters. The number of aryl methyl sites for hydroxylation is 1. The van der Waals surface area contributed by atoms with Gasteiger partial charge in [-0.3, -0.25) is 14.3 Å². The van der Waals surface area contributed by atoms with Gasteiger partial charge in [-0.25, -0.2) is 0 Å². The molecule has 1 aromatic rings. The van der Waals surface area contributed by atoms with Crippen LogP contribution in [0.3, 0.4) is 0 Å². The van der Waals surface area contributed by atoms with Crippen molar-refractivity contribution in [3.63, 3.8) is 0 Å². The second-order valence-corrected chi connectivity index (χ2v) is 7.00. The largest absolute Gasteiger partial charge is 0.481 e. The van der Waals surface area contributed by atoms with Crippen LogP contribution in [0.25, 0.3) is 0 Å². The van der Waals surface area contributed by atoms with Crippen LogP contribution in [0.4, 0.5) is 0 Å². The van der Waals surface area contributed by atoms with Crippen LogP contribution < -0.4 is 5.32 Å². The molecule has 1 saturated carbocycles. The van der Waals surface area contributed by atoms with Crippen molar-refractivity contribution in [1.82, 2.24) is 15.1 Å². The minimum atomic E-state index is -0.765. The molecule has 1 amide bonds. The summed E-state index contributed by atoms with van der Waals surface area (Å²) in [4.78, 5) is 22.8. The van der Waals surface area contributed by atoms with Crippen molar-refractivity contribution in [2.24, 2.45) is 11.8 Å². The molecule has 2 rings (SSSR count). The number of hydrogen-bond donors (Lipinski definition) is 2. The van der Waals surface area contributed by atoms with Crippen LogP contribution in [0.1, 0.15) is 50.1 Å². The van der Waals surface area contributed by atoms with E-state index in [-0.39, 0.29) is 17.9 Å². The molecule has 6 heteroatoms. The highest BCUT2D eigenvalue weighted by Crippen LogP contribution is 2.27. The van der Waals surface area contributed by atoms with E-state index in [4.69, 9.17) is 5.11 Å². The molecule has 1 aromatic heterocycles. The summed E-state index contributed by atoms with van der Waals surface area (Å²) in [5.74, 6) is -0.530. The molecule has 1 aliphatic rings. The summed E-state index contributed by atoms with van der Waals surface area (Å²) in [6.45, 7) is 9.25. The summed E-state index contributed by atoms with van der Waals surface area (Å²) < 4.78 is 2.02. The molecule has 1 fully saturated rings. The van der Waals surface area contributed by atoms with E-state index in [1.165, 1.54) is 0 Å². The first-order valence-electron chi connectivity index (χ1n) is 8.33. The molecule has 0 radical (unpaired) electrons. The van der Waals surface area contributed by atoms with Crippen molar-refractivity contribution in [1.29, 1.82) is 0 Å². The normalized spacial score (nSPS) is 20.4. The minimum absolute atomic E-state index is 0.00533. The third-order valence-corrected chi connectivity index (χ3v) is 4.52. The maximum absolute atomic E-state index is 12.0. The third-order valence-electron chi connectivity index (χ3n) is 4.52. The van der Waals surface area contributed by atoms with Crippen LogP contribution in [-0.4, -0.2) is 32.8 Å². The number of amides is 1. The molecule has 2 N–H and O–H groups in total. The van der Waals surface area contributed by atoms with Crippen molar-refractivity contribution in [3.8, 4) is 0 Å². The maximum Gasteiger partial charge on any atom is 0.306 e. The van der Waals surface area contributed by atoms with Gasteiger partial charge in [-0.2, -0.15) is 5.10 Å². The molecule has 6 nitrogen and oxygen atoms in total. The number of carbonyl (C=O) groups excluding carboxylic acids is 1. The lowest BCUT2D eigenvalue weighted by atomic mass is 9.80. The van der Waals surface area contributed by atoms with E-state index in [0.717, 1.165) is 23.5 Å². The standard InChI is InChI=1S/C17H27N3O3/c1-10(2)9-20-12(4)15(11(3)19-20)5-6-16(21)18-14-7-13(8-14)17(22)23/h10,13-14H,5-9H2,1-4H3,(H,18,21)(H,22,23). The Morgan fingerprint density at radius 2 is 2.00 bits per heavy atom. The number of hydrogen-bond acceptors (Lipinski definition) is 3. The Hall–Kier alpha value is -1.85. The molecule has 0 aliphatic heterocycles. The number of nitrogens with zero attached hydrogens (tertiary/aromatic N) is 2. The molecule has 1 heterocycles. The van der Waals surface area contributed by atoms with E-state index in [1.807, 2.05) is 11.6 Å². The Bertz CT molecular complexity index is 586. The molecule has 1 aliphatic carbocycles. The van der Waals surface area contributed by atoms with Crippen LogP contribution in [0.15, 0.2) is 0 Å². The zero-order valence-corrected chi connectivity index (χ0v) is 14.4. The fourth-order valence-corrected chi connectivity index (χ4v) is 3.10. The molecular formula is C17H27N3O3. The van der Waals surface area contributed by atoms with Crippen LogP contribution in [0.5, 0.6) is 0 Å². The lowest BCUT2D eigenvalue weighted by Crippen LogP contribution is -2.46. The Morgan fingerprint density at radius 3 is 2.57 bits per heavy atom. The third kappa shape index (κ3) is 4.33. The van der Waals surface area contributed by atoms with Crippen molar-refractivity contribution in [2.45, 2.75) is 66.0 Å². The SMILES string of the molecule is Cc1nn(CC(C)C)c(C)c1CCC(=O)NC1CC(C(=O)O)C1. The van der Waals surface area contributed by atoms with E-state index < -0.39 is 5.97 Å². The van der Waals surface area contributed by atoms with Crippen molar-refractivity contribution >= 4 is 11.9 Å². The van der Waals surface area contributed by atoms with E-state index in [1.54, 1.807) is 0 Å². The first kappa shape index (κ1) is 17.5. The van der Waals surface area contributed by atoms with Gasteiger partial charge < -0.3 is 10.4 Å². The number of carboxylic acids is 1. The number of rotatable bonds is 7. The number of aromatic nitrogens is 2. The number of carbonyl (C=O) groups is 2. The second-order valence-electron chi connectivity index (χ2n) is 7.00. The van der Waals surface area contributed by atoms with Crippen molar-refractivity contribution < 1.29 is 14.7 Å². The predicted molar refractivity (Wildman–Crippen MR) is 87.2 cm³/mol. The summed E-state index contributed by atoms with van der Waals surface area (Å²) in [5, 5.41) is 16.3. The first-order valence-corrected chi connectivity index (χ1v) is 8.33. The number of aliphatic carboxylic acids is 1. The fourth-order valence-electron chi connectivity index (χ4n) is 3.10. The Kier molecular flexibility index (Phi) is 5.44. The highest BCUT2D eigenvalue weighted by atomic mass is 16.4. The average molecular weight is 321 g/mol. The Labute approximate surface area is 137 Å². The summed E-state index contributed by atoms with van der Waals surface area (Å²) in [7, 11) is 0. The molecule has 0 bridgehead atoms. The summed E-state index contributed by atoms with van der Waals surface area (Å²) >= 11 is 0. The van der Waals surface area contributed by atoms with Gasteiger partial charge in [0.05, 0.1) is 11.6 Å². The monoisotopic (exact) mass is 321 g/mol. The Balaban J connectivity index is 1.83. The summed E-state index contributed by atoms with van der Waals surface area (Å²) in [6, 6.07) is 0.0226. The molecule has 0 saturated heterocycles. The Morgan fingerprint density at radius 1 is 1.35 bits per heavy atom. The lowest BCUT2D eigenvalue weighted by molar-refractivity contribution is -0.146. The van der Waals surface area contributed by atoms with E-state index in [2.05, 4.69) is 31.2 Å². The topological polar surface area (TPSA) is 84.2 Å². The summed E-state index contributed by atoms with van der Waals surface area (Å²) in [6.07, 6.45) is 2.19. The van der Waals surface area contributed by atoms with Gasteiger partial charge in [0.1, 0.15) is 0 Å². The number of carboxylic acid groups (broad SMARTS) is 1. The highest BCUT2D eigenvalue weighted by Gasteiger charge is 2.35. The first-order chi connectivity index (χ1) is 10.8. The molecule has 23 heavy (non-hydrogen) atoms. The molecular weight excluding hydrogens is 294 g/mol. The van der Waals surface area contributed by atoms with Crippen molar-refractivity contribution in [3.05, 3.63) is 17.0 Å². The molecule has 128 valence electrons. The van der Waals surface area contributed by atoms with Crippen LogP contribution in [0.2, 0.25) is 0 Å². The zero-order chi connectivity index (χ0) is 17.1. The molecule has 0 spiro atoms. The van der Waals surface area contributed by atoms with Crippen LogP contribution in [0, 0.1) is 25.7 Å². The fraction of sp³-hybridized carbons (Fsp3) is 0.706. The smallest absolute Gasteiger partial charge is 0.306 e. The minimum Gasteiger partial charge on any atom is -0.481 e. The lowest BCUT2D eigenvalue weighted by Gasteiger charge is -2.32. The van der Waals surface area contributed by atoms with Crippen molar-refractivity contribution in [2.75, 3.05) is 0 Å². The zero-order valence-electron chi connectivity index (χ0n) is 14.4. The predicted octanol–water partition coefficient (Wildman–Crippen LogP) is 2.07. The van der Waals surface area contributed by atoms with Gasteiger partial charge in [0.15, 0.2) is 0 Å². The highest BCUT2D eigenvalue weighted by molar-refractivity contribution is 5.77. The van der Waals surface area contributed by atoms with Gasteiger partial charge in [-0.05, 0) is 44.6 Å². The quantitative estimate of drug-likeness (QED) is 0.805. The van der Waals surface area contributed by atoms with Gasteiger partial charge in [0.25, 0.3) is 0 Å². The summed E-state index contributed by atoms with van der Waals surface area (Å²) in [5.41, 5.74) is 3.28. The van der Waals surface area contributed by atoms with E-state index in [0.29, 0.717) is 31.6 Å². The van der Waals surface area contributed by atoms with Gasteiger partial charge >= 0.3 is 5.97 Å². The van der Waals surface area contributed by atoms with Crippen LogP contribution in [-0.2, 0) is 22.6 Å². The van der Waals surface area contributed by atoms with Crippen LogP contribution >= 0.6 is 0 Å². The van der Waals surface area contributed by atoms with Gasteiger partial charge in [-0.15, -0.1) is 0 Å². The van der Waals surface area contributed by atoms with E-state index in [9.17, 15) is 9.59 Å². The average Bonchev–Trinajstić information content (AvgIpc) is 2.65. The second kappa shape index (κ2) is 7.15.